The molecule has 2 rings (SSSR count). The highest BCUT2D eigenvalue weighted by atomic mass is 79.9. The molecule has 1 N–H and O–H groups in total. The van der Waals surface area contributed by atoms with Crippen LogP contribution in [-0.2, 0) is 6.42 Å². The minimum absolute atomic E-state index is 0.113. The lowest BCUT2D eigenvalue weighted by Gasteiger charge is -2.16. The second kappa shape index (κ2) is 7.92. The second-order valence-corrected chi connectivity index (χ2v) is 6.70. The minimum Gasteiger partial charge on any atom is -0.316 e. The zero-order chi connectivity index (χ0) is 15.2. The molecule has 21 heavy (non-hydrogen) atoms. The number of nitrogens with one attached hydrogen (secondary N) is 1. The van der Waals surface area contributed by atoms with Crippen molar-refractivity contribution in [2.75, 3.05) is 12.8 Å². The second-order valence-electron chi connectivity index (χ2n) is 4.69. The van der Waals surface area contributed by atoms with Gasteiger partial charge in [-0.25, -0.2) is 8.78 Å². The van der Waals surface area contributed by atoms with Gasteiger partial charge in [-0.05, 0) is 55.4 Å². The topological polar surface area (TPSA) is 12.0 Å². The van der Waals surface area contributed by atoms with E-state index < -0.39 is 0 Å². The van der Waals surface area contributed by atoms with Crippen LogP contribution >= 0.6 is 27.7 Å². The molecule has 0 fully saturated rings. The molecule has 0 amide bonds. The Kier molecular flexibility index (Phi) is 6.21. The van der Waals surface area contributed by atoms with Crippen LogP contribution in [0.4, 0.5) is 8.78 Å². The summed E-state index contributed by atoms with van der Waals surface area (Å²) in [6, 6.07) is 11.6. The van der Waals surface area contributed by atoms with Crippen LogP contribution in [0.3, 0.4) is 0 Å². The van der Waals surface area contributed by atoms with Gasteiger partial charge in [0.05, 0.1) is 0 Å². The van der Waals surface area contributed by atoms with Crippen molar-refractivity contribution < 1.29 is 8.78 Å². The average Bonchev–Trinajstić information content (AvgIpc) is 2.47. The summed E-state index contributed by atoms with van der Waals surface area (Å²) in [6.45, 7) is 0. The van der Waals surface area contributed by atoms with Gasteiger partial charge >= 0.3 is 0 Å². The zero-order valence-electron chi connectivity index (χ0n) is 11.6. The predicted molar refractivity (Wildman–Crippen MR) is 87.8 cm³/mol. The third-order valence-electron chi connectivity index (χ3n) is 3.13. The van der Waals surface area contributed by atoms with E-state index in [0.717, 1.165) is 15.1 Å². The number of benzene rings is 2. The van der Waals surface area contributed by atoms with Crippen molar-refractivity contribution in [1.29, 1.82) is 0 Å². The summed E-state index contributed by atoms with van der Waals surface area (Å²) < 4.78 is 27.8. The van der Waals surface area contributed by atoms with E-state index in [9.17, 15) is 8.78 Å². The lowest BCUT2D eigenvalue weighted by Crippen LogP contribution is -2.30. The Hall–Kier alpha value is -0.910. The van der Waals surface area contributed by atoms with Gasteiger partial charge in [-0.3, -0.25) is 0 Å². The van der Waals surface area contributed by atoms with Crippen molar-refractivity contribution in [3.8, 4) is 0 Å². The van der Waals surface area contributed by atoms with Crippen LogP contribution in [0.5, 0.6) is 0 Å². The van der Waals surface area contributed by atoms with E-state index in [1.807, 2.05) is 13.1 Å². The summed E-state index contributed by atoms with van der Waals surface area (Å²) in [5.74, 6) is 0.305. The first-order chi connectivity index (χ1) is 10.1. The number of rotatable bonds is 6. The van der Waals surface area contributed by atoms with Crippen LogP contribution in [0.1, 0.15) is 5.56 Å². The molecule has 1 atom stereocenters. The molecule has 0 heterocycles. The molecule has 0 spiro atoms. The molecule has 1 unspecified atom stereocenters. The van der Waals surface area contributed by atoms with E-state index in [1.54, 1.807) is 30.0 Å². The van der Waals surface area contributed by atoms with Gasteiger partial charge in [-0.1, -0.05) is 22.0 Å². The smallest absolute Gasteiger partial charge is 0.126 e. The van der Waals surface area contributed by atoms with Gasteiger partial charge in [0.1, 0.15) is 11.6 Å². The van der Waals surface area contributed by atoms with Crippen molar-refractivity contribution in [3.05, 3.63) is 64.1 Å². The van der Waals surface area contributed by atoms with E-state index in [2.05, 4.69) is 21.2 Å². The Morgan fingerprint density at radius 3 is 2.71 bits per heavy atom. The van der Waals surface area contributed by atoms with Crippen molar-refractivity contribution >= 4 is 27.7 Å². The number of hydrogen-bond acceptors (Lipinski definition) is 2. The first-order valence-electron chi connectivity index (χ1n) is 6.58. The van der Waals surface area contributed by atoms with E-state index >= 15 is 0 Å². The lowest BCUT2D eigenvalue weighted by atomic mass is 10.1. The maximum absolute atomic E-state index is 13.8. The molecular weight excluding hydrogens is 356 g/mol. The quantitative estimate of drug-likeness (QED) is 0.741. The maximum atomic E-state index is 13.8. The van der Waals surface area contributed by atoms with Crippen LogP contribution in [-0.4, -0.2) is 18.8 Å². The highest BCUT2D eigenvalue weighted by Gasteiger charge is 2.12. The minimum atomic E-state index is -0.237. The highest BCUT2D eigenvalue weighted by molar-refractivity contribution is 9.10. The Balaban J connectivity index is 1.98. The van der Waals surface area contributed by atoms with Crippen molar-refractivity contribution in [2.24, 2.45) is 0 Å². The Morgan fingerprint density at radius 2 is 2.00 bits per heavy atom. The molecule has 2 aromatic rings. The fourth-order valence-corrected chi connectivity index (χ4v) is 3.42. The molecule has 1 nitrogen and oxygen atoms in total. The van der Waals surface area contributed by atoms with E-state index in [-0.39, 0.29) is 17.7 Å². The van der Waals surface area contributed by atoms with Crippen molar-refractivity contribution in [2.45, 2.75) is 17.4 Å². The van der Waals surface area contributed by atoms with Crippen LogP contribution in [0, 0.1) is 11.6 Å². The largest absolute Gasteiger partial charge is 0.316 e. The van der Waals surface area contributed by atoms with Gasteiger partial charge in [0.25, 0.3) is 0 Å². The van der Waals surface area contributed by atoms with Crippen LogP contribution in [0.2, 0.25) is 0 Å². The molecule has 112 valence electrons. The van der Waals surface area contributed by atoms with Crippen molar-refractivity contribution in [1.82, 2.24) is 5.32 Å². The van der Waals surface area contributed by atoms with Crippen LogP contribution in [0.15, 0.2) is 51.8 Å². The molecule has 5 heteroatoms. The summed E-state index contributed by atoms with van der Waals surface area (Å²) in [4.78, 5) is 0.880. The fourth-order valence-electron chi connectivity index (χ4n) is 1.96. The molecule has 0 aliphatic heterocycles. The van der Waals surface area contributed by atoms with Gasteiger partial charge in [0, 0.05) is 21.2 Å². The third kappa shape index (κ3) is 5.09. The molecule has 0 radical (unpaired) electrons. The third-order valence-corrected chi connectivity index (χ3v) is 4.78. The number of halogens is 3. The first kappa shape index (κ1) is 16.5. The summed E-state index contributed by atoms with van der Waals surface area (Å²) in [6.07, 6.45) is 0.587. The summed E-state index contributed by atoms with van der Waals surface area (Å²) in [5.41, 5.74) is 0.670. The van der Waals surface area contributed by atoms with Crippen LogP contribution in [0.25, 0.3) is 0 Å². The molecule has 0 bridgehead atoms. The molecule has 0 aliphatic carbocycles. The van der Waals surface area contributed by atoms with E-state index in [1.165, 1.54) is 18.2 Å². The average molecular weight is 372 g/mol. The Bertz CT molecular complexity index is 607. The highest BCUT2D eigenvalue weighted by Crippen LogP contribution is 2.22. The van der Waals surface area contributed by atoms with E-state index in [0.29, 0.717) is 12.0 Å². The molecule has 2 aromatic carbocycles. The van der Waals surface area contributed by atoms with Gasteiger partial charge in [0.15, 0.2) is 0 Å². The standard InChI is InChI=1S/C16H16BrF2NS/c1-20-14(8-11-7-12(17)5-6-16(11)19)10-21-15-4-2-3-13(18)9-15/h2-7,9,14,20H,8,10H2,1H3. The van der Waals surface area contributed by atoms with Crippen LogP contribution < -0.4 is 5.32 Å². The lowest BCUT2D eigenvalue weighted by molar-refractivity contribution is 0.568. The molecular formula is C16H16BrF2NS. The van der Waals surface area contributed by atoms with E-state index in [4.69, 9.17) is 0 Å². The van der Waals surface area contributed by atoms with Crippen molar-refractivity contribution in [3.63, 3.8) is 0 Å². The summed E-state index contributed by atoms with van der Waals surface area (Å²) in [7, 11) is 1.85. The Labute approximate surface area is 136 Å². The molecule has 0 saturated heterocycles. The van der Waals surface area contributed by atoms with Gasteiger partial charge in [-0.2, -0.15) is 0 Å². The van der Waals surface area contributed by atoms with Gasteiger partial charge in [-0.15, -0.1) is 11.8 Å². The monoisotopic (exact) mass is 371 g/mol. The zero-order valence-corrected chi connectivity index (χ0v) is 14.0. The summed E-state index contributed by atoms with van der Waals surface area (Å²) in [5, 5.41) is 3.19. The van der Waals surface area contributed by atoms with Gasteiger partial charge in [0.2, 0.25) is 0 Å². The number of thioether (sulfide) groups is 1. The SMILES string of the molecule is CNC(CSc1cccc(F)c1)Cc1cc(Br)ccc1F. The molecule has 0 saturated carbocycles. The predicted octanol–water partition coefficient (Wildman–Crippen LogP) is 4.65. The van der Waals surface area contributed by atoms with Gasteiger partial charge < -0.3 is 5.32 Å². The maximum Gasteiger partial charge on any atom is 0.126 e. The normalized spacial score (nSPS) is 12.4. The number of likely N-dealkylation sites (N-methyl/N-ethyl adjacent to an activating group) is 1. The molecule has 0 aliphatic rings. The molecule has 0 aromatic heterocycles. The Morgan fingerprint density at radius 1 is 1.19 bits per heavy atom. The first-order valence-corrected chi connectivity index (χ1v) is 8.36. The number of hydrogen-bond donors (Lipinski definition) is 1. The fraction of sp³-hybridized carbons (Fsp3) is 0.250. The summed E-state index contributed by atoms with van der Waals surface area (Å²) >= 11 is 4.92.